The first-order chi connectivity index (χ1) is 5.74. The predicted molar refractivity (Wildman–Crippen MR) is 47.8 cm³/mol. The van der Waals surface area contributed by atoms with Gasteiger partial charge in [-0.25, -0.2) is 0 Å². The Labute approximate surface area is 74.3 Å². The summed E-state index contributed by atoms with van der Waals surface area (Å²) in [7, 11) is 0. The molecule has 0 aromatic heterocycles. The normalized spacial score (nSPS) is 29.0. The van der Waals surface area contributed by atoms with E-state index in [0.717, 1.165) is 12.8 Å². The molecule has 1 rings (SSSR count). The van der Waals surface area contributed by atoms with Crippen molar-refractivity contribution >= 4 is 5.97 Å². The summed E-state index contributed by atoms with van der Waals surface area (Å²) < 4.78 is 5.18. The largest absolute Gasteiger partial charge is 0.462 e. The molecule has 2 atom stereocenters. The lowest BCUT2D eigenvalue weighted by Crippen LogP contribution is -2.06. The Balaban J connectivity index is 2.14. The van der Waals surface area contributed by atoms with Crippen LogP contribution >= 0.6 is 0 Å². The van der Waals surface area contributed by atoms with Gasteiger partial charge in [0.05, 0.1) is 5.92 Å². The minimum atomic E-state index is -0.00324. The van der Waals surface area contributed by atoms with Crippen molar-refractivity contribution in [2.75, 3.05) is 0 Å². The third-order valence-electron chi connectivity index (χ3n) is 2.43. The number of unbranched alkanes of at least 4 members (excludes halogenated alkanes) is 2. The number of ether oxygens (including phenoxy) is 1. The van der Waals surface area contributed by atoms with Gasteiger partial charge >= 0.3 is 5.97 Å². The first kappa shape index (κ1) is 9.56. The van der Waals surface area contributed by atoms with Crippen molar-refractivity contribution in [2.24, 2.45) is 5.92 Å². The zero-order valence-electron chi connectivity index (χ0n) is 8.01. The van der Waals surface area contributed by atoms with Gasteiger partial charge in [0.25, 0.3) is 0 Å². The van der Waals surface area contributed by atoms with E-state index in [1.165, 1.54) is 19.3 Å². The van der Waals surface area contributed by atoms with Crippen LogP contribution in [0.25, 0.3) is 0 Å². The number of hydrogen-bond acceptors (Lipinski definition) is 2. The summed E-state index contributed by atoms with van der Waals surface area (Å²) in [6, 6.07) is 0. The molecule has 2 heteroatoms. The minimum Gasteiger partial charge on any atom is -0.462 e. The zero-order valence-corrected chi connectivity index (χ0v) is 8.01. The van der Waals surface area contributed by atoms with Crippen molar-refractivity contribution < 1.29 is 9.53 Å². The van der Waals surface area contributed by atoms with E-state index >= 15 is 0 Å². The molecular weight excluding hydrogens is 152 g/mol. The number of rotatable bonds is 4. The molecule has 0 spiro atoms. The van der Waals surface area contributed by atoms with Gasteiger partial charge in [0.1, 0.15) is 6.10 Å². The van der Waals surface area contributed by atoms with E-state index in [1.807, 2.05) is 6.92 Å². The van der Waals surface area contributed by atoms with Gasteiger partial charge in [0.15, 0.2) is 0 Å². The van der Waals surface area contributed by atoms with E-state index in [4.69, 9.17) is 4.74 Å². The van der Waals surface area contributed by atoms with Crippen molar-refractivity contribution in [2.45, 2.75) is 52.1 Å². The van der Waals surface area contributed by atoms with E-state index in [1.54, 1.807) is 0 Å². The molecule has 1 saturated heterocycles. The molecule has 1 fully saturated rings. The molecule has 1 aliphatic rings. The first-order valence-corrected chi connectivity index (χ1v) is 4.94. The Morgan fingerprint density at radius 2 is 2.25 bits per heavy atom. The number of carbonyl (C=O) groups is 1. The summed E-state index contributed by atoms with van der Waals surface area (Å²) in [5.41, 5.74) is 0. The van der Waals surface area contributed by atoms with Crippen molar-refractivity contribution in [1.82, 2.24) is 0 Å². The summed E-state index contributed by atoms with van der Waals surface area (Å²) >= 11 is 0. The van der Waals surface area contributed by atoms with Crippen LogP contribution < -0.4 is 0 Å². The highest BCUT2D eigenvalue weighted by Gasteiger charge is 2.29. The van der Waals surface area contributed by atoms with Crippen LogP contribution in [0, 0.1) is 5.92 Å². The maximum absolute atomic E-state index is 11.0. The standard InChI is InChI=1S/C10H18O2/c1-3-4-5-6-9-7-8(2)10(11)12-9/h8-9H,3-7H2,1-2H3. The number of hydrogen-bond donors (Lipinski definition) is 0. The van der Waals surface area contributed by atoms with Crippen LogP contribution in [0.1, 0.15) is 46.0 Å². The summed E-state index contributed by atoms with van der Waals surface area (Å²) in [5, 5.41) is 0. The van der Waals surface area contributed by atoms with Crippen LogP contribution in [0.15, 0.2) is 0 Å². The molecule has 0 radical (unpaired) electrons. The Hall–Kier alpha value is -0.530. The van der Waals surface area contributed by atoms with Gasteiger partial charge in [-0.1, -0.05) is 26.7 Å². The predicted octanol–water partition coefficient (Wildman–Crippen LogP) is 2.52. The molecule has 0 N–H and O–H groups in total. The van der Waals surface area contributed by atoms with Crippen LogP contribution in [0.5, 0.6) is 0 Å². The Morgan fingerprint density at radius 3 is 2.75 bits per heavy atom. The molecule has 0 aliphatic carbocycles. The smallest absolute Gasteiger partial charge is 0.309 e. The van der Waals surface area contributed by atoms with Crippen LogP contribution in [0.4, 0.5) is 0 Å². The summed E-state index contributed by atoms with van der Waals surface area (Å²) in [6.07, 6.45) is 5.89. The van der Waals surface area contributed by atoms with Crippen molar-refractivity contribution in [3.8, 4) is 0 Å². The van der Waals surface area contributed by atoms with Gasteiger partial charge in [-0.3, -0.25) is 4.79 Å². The maximum Gasteiger partial charge on any atom is 0.309 e. The fourth-order valence-electron chi connectivity index (χ4n) is 1.62. The monoisotopic (exact) mass is 170 g/mol. The molecule has 0 amide bonds. The fraction of sp³-hybridized carbons (Fsp3) is 0.900. The molecule has 1 heterocycles. The molecule has 0 aromatic rings. The lowest BCUT2D eigenvalue weighted by atomic mass is 10.0. The van der Waals surface area contributed by atoms with Gasteiger partial charge in [-0.05, 0) is 19.3 Å². The lowest BCUT2D eigenvalue weighted by molar-refractivity contribution is -0.144. The van der Waals surface area contributed by atoms with Gasteiger partial charge < -0.3 is 4.74 Å². The van der Waals surface area contributed by atoms with Gasteiger partial charge in [-0.2, -0.15) is 0 Å². The first-order valence-electron chi connectivity index (χ1n) is 4.94. The summed E-state index contributed by atoms with van der Waals surface area (Å²) in [5.74, 6) is 0.133. The van der Waals surface area contributed by atoms with Crippen LogP contribution in [0.2, 0.25) is 0 Å². The van der Waals surface area contributed by atoms with E-state index in [-0.39, 0.29) is 18.0 Å². The van der Waals surface area contributed by atoms with E-state index in [9.17, 15) is 4.79 Å². The minimum absolute atomic E-state index is 0.00324. The Bertz CT molecular complexity index is 154. The van der Waals surface area contributed by atoms with Crippen LogP contribution in [-0.2, 0) is 9.53 Å². The lowest BCUT2D eigenvalue weighted by Gasteiger charge is -2.07. The van der Waals surface area contributed by atoms with E-state index in [2.05, 4.69) is 6.92 Å². The third kappa shape index (κ3) is 2.50. The fourth-order valence-corrected chi connectivity index (χ4v) is 1.62. The third-order valence-corrected chi connectivity index (χ3v) is 2.43. The van der Waals surface area contributed by atoms with Gasteiger partial charge in [-0.15, -0.1) is 0 Å². The zero-order chi connectivity index (χ0) is 8.97. The quantitative estimate of drug-likeness (QED) is 0.478. The molecule has 0 bridgehead atoms. The maximum atomic E-state index is 11.0. The van der Waals surface area contributed by atoms with Crippen molar-refractivity contribution in [1.29, 1.82) is 0 Å². The van der Waals surface area contributed by atoms with E-state index in [0.29, 0.717) is 0 Å². The second-order valence-corrected chi connectivity index (χ2v) is 3.69. The van der Waals surface area contributed by atoms with Gasteiger partial charge in [0, 0.05) is 0 Å². The number of carbonyl (C=O) groups excluding carboxylic acids is 1. The molecule has 0 saturated carbocycles. The van der Waals surface area contributed by atoms with Gasteiger partial charge in [0.2, 0.25) is 0 Å². The Kier molecular flexibility index (Phi) is 3.57. The second kappa shape index (κ2) is 4.48. The molecule has 2 unspecified atom stereocenters. The van der Waals surface area contributed by atoms with Crippen molar-refractivity contribution in [3.05, 3.63) is 0 Å². The second-order valence-electron chi connectivity index (χ2n) is 3.69. The SMILES string of the molecule is CCCCCC1CC(C)C(=O)O1. The van der Waals surface area contributed by atoms with Crippen LogP contribution in [0.3, 0.4) is 0 Å². The Morgan fingerprint density at radius 1 is 1.50 bits per heavy atom. The number of esters is 1. The topological polar surface area (TPSA) is 26.3 Å². The average molecular weight is 170 g/mol. The summed E-state index contributed by atoms with van der Waals surface area (Å²) in [4.78, 5) is 11.0. The van der Waals surface area contributed by atoms with Crippen LogP contribution in [-0.4, -0.2) is 12.1 Å². The molecule has 1 aliphatic heterocycles. The molecular formula is C10H18O2. The average Bonchev–Trinajstić information content (AvgIpc) is 2.32. The highest BCUT2D eigenvalue weighted by Crippen LogP contribution is 2.24. The molecule has 12 heavy (non-hydrogen) atoms. The van der Waals surface area contributed by atoms with E-state index < -0.39 is 0 Å². The number of cyclic esters (lactones) is 1. The molecule has 70 valence electrons. The molecule has 2 nitrogen and oxygen atoms in total. The summed E-state index contributed by atoms with van der Waals surface area (Å²) in [6.45, 7) is 4.13. The van der Waals surface area contributed by atoms with Crippen molar-refractivity contribution in [3.63, 3.8) is 0 Å². The molecule has 0 aromatic carbocycles. The highest BCUT2D eigenvalue weighted by molar-refractivity contribution is 5.74. The highest BCUT2D eigenvalue weighted by atomic mass is 16.5.